The maximum atomic E-state index is 4.73. The second-order valence-electron chi connectivity index (χ2n) is 4.10. The predicted molar refractivity (Wildman–Crippen MR) is 57.5 cm³/mol. The lowest BCUT2D eigenvalue weighted by molar-refractivity contribution is 0.455. The summed E-state index contributed by atoms with van der Waals surface area (Å²) in [5, 5.41) is 7.03. The summed E-state index contributed by atoms with van der Waals surface area (Å²) in [5.74, 6) is 0. The predicted octanol–water partition coefficient (Wildman–Crippen LogP) is 0.605. The minimum absolute atomic E-state index is 0.465. The average Bonchev–Trinajstić information content (AvgIpc) is 2.26. The lowest BCUT2D eigenvalue weighted by atomic mass is 9.95. The van der Waals surface area contributed by atoms with Gasteiger partial charge in [-0.25, -0.2) is 0 Å². The van der Waals surface area contributed by atoms with Gasteiger partial charge in [-0.2, -0.15) is 0 Å². The van der Waals surface area contributed by atoms with Crippen molar-refractivity contribution in [3.63, 3.8) is 0 Å². The summed E-state index contributed by atoms with van der Waals surface area (Å²) in [6.45, 7) is 2.06. The number of nitrogens with one attached hydrogen (secondary N) is 2. The topological polar surface area (TPSA) is 36.4 Å². The molecule has 3 heteroatoms. The SMILES string of the molecule is C1=CCC2NC3CCNCC3=NC2=C1. The van der Waals surface area contributed by atoms with Crippen LogP contribution in [0.1, 0.15) is 12.8 Å². The molecule has 0 spiro atoms. The normalized spacial score (nSPS) is 35.4. The van der Waals surface area contributed by atoms with Crippen LogP contribution in [0.3, 0.4) is 0 Å². The lowest BCUT2D eigenvalue weighted by Gasteiger charge is -2.35. The number of rotatable bonds is 0. The van der Waals surface area contributed by atoms with Gasteiger partial charge in [-0.05, 0) is 25.5 Å². The molecule has 0 aromatic rings. The van der Waals surface area contributed by atoms with E-state index in [2.05, 4.69) is 28.9 Å². The van der Waals surface area contributed by atoms with E-state index in [1.807, 2.05) is 0 Å². The van der Waals surface area contributed by atoms with E-state index in [0.717, 1.165) is 19.5 Å². The third-order valence-corrected chi connectivity index (χ3v) is 3.13. The molecule has 2 aliphatic heterocycles. The Hall–Kier alpha value is -0.930. The van der Waals surface area contributed by atoms with Gasteiger partial charge < -0.3 is 10.6 Å². The minimum atomic E-state index is 0.465. The number of hydrogen-bond donors (Lipinski definition) is 2. The van der Waals surface area contributed by atoms with Crippen LogP contribution in [0.15, 0.2) is 28.9 Å². The first-order valence-electron chi connectivity index (χ1n) is 5.34. The fourth-order valence-electron chi connectivity index (χ4n) is 2.35. The van der Waals surface area contributed by atoms with Crippen LogP contribution in [0.2, 0.25) is 0 Å². The summed E-state index contributed by atoms with van der Waals surface area (Å²) in [7, 11) is 0. The van der Waals surface area contributed by atoms with Gasteiger partial charge >= 0.3 is 0 Å². The average molecular weight is 189 g/mol. The molecular formula is C11H15N3. The highest BCUT2D eigenvalue weighted by Gasteiger charge is 2.29. The van der Waals surface area contributed by atoms with Gasteiger partial charge in [0.25, 0.3) is 0 Å². The molecule has 1 fully saturated rings. The summed E-state index contributed by atoms with van der Waals surface area (Å²) in [6.07, 6.45) is 8.70. The van der Waals surface area contributed by atoms with Gasteiger partial charge in [0, 0.05) is 18.3 Å². The molecule has 0 bridgehead atoms. The number of hydrogen-bond acceptors (Lipinski definition) is 3. The summed E-state index contributed by atoms with van der Waals surface area (Å²) in [6, 6.07) is 0.983. The number of fused-ring (bicyclic) bond motifs is 2. The Morgan fingerprint density at radius 2 is 2.36 bits per heavy atom. The zero-order valence-corrected chi connectivity index (χ0v) is 8.16. The molecule has 3 aliphatic rings. The monoisotopic (exact) mass is 189 g/mol. The Kier molecular flexibility index (Phi) is 2.00. The first-order chi connectivity index (χ1) is 6.93. The van der Waals surface area contributed by atoms with Crippen LogP contribution in [0, 0.1) is 0 Å². The molecule has 14 heavy (non-hydrogen) atoms. The van der Waals surface area contributed by atoms with Crippen molar-refractivity contribution < 1.29 is 0 Å². The van der Waals surface area contributed by atoms with Gasteiger partial charge in [-0.15, -0.1) is 0 Å². The maximum Gasteiger partial charge on any atom is 0.0577 e. The van der Waals surface area contributed by atoms with Crippen molar-refractivity contribution in [2.75, 3.05) is 13.1 Å². The van der Waals surface area contributed by atoms with Crippen LogP contribution < -0.4 is 10.6 Å². The molecule has 2 atom stereocenters. The highest BCUT2D eigenvalue weighted by Crippen LogP contribution is 2.21. The largest absolute Gasteiger partial charge is 0.311 e. The van der Waals surface area contributed by atoms with Gasteiger partial charge in [-0.1, -0.05) is 12.2 Å². The van der Waals surface area contributed by atoms with Crippen LogP contribution in [-0.2, 0) is 0 Å². The molecule has 2 unspecified atom stereocenters. The molecule has 2 N–H and O–H groups in total. The van der Waals surface area contributed by atoms with Gasteiger partial charge in [-0.3, -0.25) is 4.99 Å². The zero-order valence-electron chi connectivity index (χ0n) is 8.16. The molecule has 0 amide bonds. The smallest absolute Gasteiger partial charge is 0.0577 e. The van der Waals surface area contributed by atoms with Crippen LogP contribution >= 0.6 is 0 Å². The van der Waals surface area contributed by atoms with Crippen molar-refractivity contribution in [2.45, 2.75) is 24.9 Å². The first kappa shape index (κ1) is 8.38. The number of nitrogens with zero attached hydrogens (tertiary/aromatic N) is 1. The lowest BCUT2D eigenvalue weighted by Crippen LogP contribution is -2.54. The number of piperidine rings is 1. The van der Waals surface area contributed by atoms with Gasteiger partial charge in [0.05, 0.1) is 11.7 Å². The highest BCUT2D eigenvalue weighted by molar-refractivity contribution is 5.93. The third kappa shape index (κ3) is 1.33. The second-order valence-corrected chi connectivity index (χ2v) is 4.10. The van der Waals surface area contributed by atoms with Crippen molar-refractivity contribution in [3.05, 3.63) is 23.9 Å². The Bertz CT molecular complexity index is 327. The fraction of sp³-hybridized carbons (Fsp3) is 0.545. The van der Waals surface area contributed by atoms with E-state index in [1.165, 1.54) is 17.8 Å². The van der Waals surface area contributed by atoms with E-state index in [9.17, 15) is 0 Å². The van der Waals surface area contributed by atoms with Crippen molar-refractivity contribution in [2.24, 2.45) is 4.99 Å². The molecule has 0 saturated carbocycles. The van der Waals surface area contributed by atoms with E-state index >= 15 is 0 Å². The third-order valence-electron chi connectivity index (χ3n) is 3.13. The number of aliphatic imine (C=N–C) groups is 1. The molecule has 3 rings (SSSR count). The Morgan fingerprint density at radius 1 is 1.36 bits per heavy atom. The van der Waals surface area contributed by atoms with Crippen LogP contribution in [0.25, 0.3) is 0 Å². The standard InChI is InChI=1S/C11H15N3/c1-2-4-9-8(3-1)13-10-5-6-12-7-11(10)14-9/h1-2,4,8,10,12-13H,3,5-7H2. The fourth-order valence-corrected chi connectivity index (χ4v) is 2.35. The van der Waals surface area contributed by atoms with Gasteiger partial charge in [0.2, 0.25) is 0 Å². The highest BCUT2D eigenvalue weighted by atomic mass is 15.1. The Labute approximate surface area is 84.0 Å². The molecule has 0 aromatic heterocycles. The van der Waals surface area contributed by atoms with Gasteiger partial charge in [0.1, 0.15) is 0 Å². The van der Waals surface area contributed by atoms with E-state index in [4.69, 9.17) is 4.99 Å². The van der Waals surface area contributed by atoms with Crippen molar-refractivity contribution in [1.82, 2.24) is 10.6 Å². The number of allylic oxidation sites excluding steroid dienone is 2. The van der Waals surface area contributed by atoms with Crippen molar-refractivity contribution in [1.29, 1.82) is 0 Å². The molecular weight excluding hydrogens is 174 g/mol. The van der Waals surface area contributed by atoms with E-state index in [1.54, 1.807) is 0 Å². The molecule has 1 saturated heterocycles. The van der Waals surface area contributed by atoms with E-state index in [-0.39, 0.29) is 0 Å². The molecule has 2 heterocycles. The second kappa shape index (κ2) is 3.33. The quantitative estimate of drug-likeness (QED) is 0.585. The minimum Gasteiger partial charge on any atom is -0.311 e. The van der Waals surface area contributed by atoms with Crippen LogP contribution in [-0.4, -0.2) is 30.9 Å². The van der Waals surface area contributed by atoms with E-state index in [0.29, 0.717) is 12.1 Å². The molecule has 3 nitrogen and oxygen atoms in total. The Morgan fingerprint density at radius 3 is 3.36 bits per heavy atom. The molecule has 1 aliphatic carbocycles. The van der Waals surface area contributed by atoms with Crippen molar-refractivity contribution in [3.8, 4) is 0 Å². The van der Waals surface area contributed by atoms with Crippen molar-refractivity contribution >= 4 is 5.71 Å². The summed E-state index contributed by atoms with van der Waals surface area (Å²) in [5.41, 5.74) is 2.50. The van der Waals surface area contributed by atoms with Crippen LogP contribution in [0.5, 0.6) is 0 Å². The zero-order chi connectivity index (χ0) is 9.38. The summed E-state index contributed by atoms with van der Waals surface area (Å²) in [4.78, 5) is 4.73. The molecule has 74 valence electrons. The Balaban J connectivity index is 1.92. The van der Waals surface area contributed by atoms with Gasteiger partial charge in [0.15, 0.2) is 0 Å². The molecule has 0 aromatic carbocycles. The van der Waals surface area contributed by atoms with E-state index < -0.39 is 0 Å². The summed E-state index contributed by atoms with van der Waals surface area (Å²) >= 11 is 0. The maximum absolute atomic E-state index is 4.73. The summed E-state index contributed by atoms with van der Waals surface area (Å²) < 4.78 is 0. The molecule has 0 radical (unpaired) electrons. The first-order valence-corrected chi connectivity index (χ1v) is 5.34. The van der Waals surface area contributed by atoms with Crippen LogP contribution in [0.4, 0.5) is 0 Å².